The maximum atomic E-state index is 13.8. The molecule has 0 amide bonds. The molecule has 0 N–H and O–H groups in total. The van der Waals surface area contributed by atoms with E-state index >= 15 is 0 Å². The van der Waals surface area contributed by atoms with Crippen molar-refractivity contribution in [2.24, 2.45) is 4.99 Å². The summed E-state index contributed by atoms with van der Waals surface area (Å²) in [5, 5.41) is 22.8. The molecule has 0 radical (unpaired) electrons. The Morgan fingerprint density at radius 2 is 1.90 bits per heavy atom. The number of rotatable bonds is 7. The summed E-state index contributed by atoms with van der Waals surface area (Å²) in [6, 6.07) is 10.8. The number of halogens is 1. The highest BCUT2D eigenvalue weighted by Gasteiger charge is 2.34. The van der Waals surface area contributed by atoms with Gasteiger partial charge >= 0.3 is 5.97 Å². The minimum Gasteiger partial charge on any atom is -0.463 e. The SMILES string of the molecule is CCOC(=O)C1=C(C)N=c2s/c(=C/c3ccc(-c4ccc([N+](=O)[O-])cc4Cl)o3)c(=O)n2[C@@H]1c1ccc(C)c([N+](=O)[O-])c1. The van der Waals surface area contributed by atoms with Crippen molar-refractivity contribution in [2.45, 2.75) is 26.8 Å². The first kappa shape index (κ1) is 28.6. The van der Waals surface area contributed by atoms with Gasteiger partial charge in [-0.2, -0.15) is 0 Å². The van der Waals surface area contributed by atoms with Crippen molar-refractivity contribution in [1.29, 1.82) is 0 Å². The van der Waals surface area contributed by atoms with Crippen molar-refractivity contribution in [3.05, 3.63) is 122 Å². The zero-order chi connectivity index (χ0) is 30.3. The van der Waals surface area contributed by atoms with E-state index in [2.05, 4.69) is 4.99 Å². The van der Waals surface area contributed by atoms with Gasteiger partial charge in [0, 0.05) is 35.4 Å². The Morgan fingerprint density at radius 3 is 2.57 bits per heavy atom. The summed E-state index contributed by atoms with van der Waals surface area (Å²) in [6.45, 7) is 4.95. The molecular weight excluding hydrogens is 588 g/mol. The number of fused-ring (bicyclic) bond motifs is 1. The van der Waals surface area contributed by atoms with Gasteiger partial charge in [-0.1, -0.05) is 35.1 Å². The number of benzene rings is 2. The molecular formula is C28H21ClN4O8S. The fourth-order valence-corrected chi connectivity index (χ4v) is 5.92. The van der Waals surface area contributed by atoms with E-state index in [1.165, 1.54) is 34.9 Å². The van der Waals surface area contributed by atoms with Gasteiger partial charge in [0.05, 0.1) is 43.3 Å². The van der Waals surface area contributed by atoms with E-state index in [9.17, 15) is 29.8 Å². The van der Waals surface area contributed by atoms with Crippen LogP contribution in [-0.4, -0.2) is 27.0 Å². The molecule has 0 fully saturated rings. The van der Waals surface area contributed by atoms with Crippen LogP contribution in [0.5, 0.6) is 0 Å². The number of aryl methyl sites for hydroxylation is 1. The van der Waals surface area contributed by atoms with Crippen LogP contribution in [0.3, 0.4) is 0 Å². The highest BCUT2D eigenvalue weighted by molar-refractivity contribution is 7.07. The van der Waals surface area contributed by atoms with Crippen LogP contribution in [0.1, 0.15) is 36.8 Å². The smallest absolute Gasteiger partial charge is 0.338 e. The molecule has 0 unspecified atom stereocenters. The normalized spacial score (nSPS) is 14.9. The summed E-state index contributed by atoms with van der Waals surface area (Å²) in [4.78, 5) is 53.3. The number of aromatic nitrogens is 1. The first-order valence-electron chi connectivity index (χ1n) is 12.5. The number of hydrogen-bond donors (Lipinski definition) is 0. The van der Waals surface area contributed by atoms with Gasteiger partial charge in [-0.3, -0.25) is 29.6 Å². The van der Waals surface area contributed by atoms with Crippen LogP contribution in [0.2, 0.25) is 5.02 Å². The van der Waals surface area contributed by atoms with Crippen molar-refractivity contribution < 1.29 is 23.8 Å². The second-order valence-corrected chi connectivity index (χ2v) is 10.6. The Hall–Kier alpha value is -4.88. The molecule has 0 spiro atoms. The molecule has 12 nitrogen and oxygen atoms in total. The zero-order valence-corrected chi connectivity index (χ0v) is 23.9. The maximum absolute atomic E-state index is 13.8. The largest absolute Gasteiger partial charge is 0.463 e. The van der Waals surface area contributed by atoms with Gasteiger partial charge in [0.2, 0.25) is 0 Å². The third kappa shape index (κ3) is 5.15. The molecule has 1 atom stereocenters. The Morgan fingerprint density at radius 1 is 1.14 bits per heavy atom. The van der Waals surface area contributed by atoms with Crippen LogP contribution in [0.4, 0.5) is 11.4 Å². The molecule has 4 aromatic rings. The minimum absolute atomic E-state index is 0.0837. The van der Waals surface area contributed by atoms with E-state index in [1.54, 1.807) is 45.0 Å². The maximum Gasteiger partial charge on any atom is 0.338 e. The van der Waals surface area contributed by atoms with Crippen molar-refractivity contribution in [1.82, 2.24) is 4.57 Å². The number of nitro benzene ring substituents is 2. The number of carbonyl (C=O) groups excluding carboxylic acids is 1. The molecule has 14 heteroatoms. The summed E-state index contributed by atoms with van der Waals surface area (Å²) < 4.78 is 12.7. The monoisotopic (exact) mass is 608 g/mol. The van der Waals surface area contributed by atoms with Crippen LogP contribution in [0.25, 0.3) is 17.4 Å². The fourth-order valence-electron chi connectivity index (χ4n) is 4.62. The number of thiazole rings is 1. The van der Waals surface area contributed by atoms with Gasteiger partial charge < -0.3 is 9.15 Å². The number of furan rings is 1. The van der Waals surface area contributed by atoms with E-state index in [-0.39, 0.29) is 37.9 Å². The lowest BCUT2D eigenvalue weighted by atomic mass is 9.94. The Kier molecular flexibility index (Phi) is 7.63. The van der Waals surface area contributed by atoms with E-state index in [0.29, 0.717) is 33.9 Å². The molecule has 1 aliphatic rings. The number of nitro groups is 2. The lowest BCUT2D eigenvalue weighted by Crippen LogP contribution is -2.40. The van der Waals surface area contributed by atoms with E-state index in [0.717, 1.165) is 11.3 Å². The Bertz CT molecular complexity index is 2010. The van der Waals surface area contributed by atoms with Crippen LogP contribution in [0, 0.1) is 27.2 Å². The number of non-ortho nitro benzene ring substituents is 1. The summed E-state index contributed by atoms with van der Waals surface area (Å²) in [5.74, 6) is -0.0512. The molecule has 1 aliphatic heterocycles. The van der Waals surface area contributed by atoms with Gasteiger partial charge in [-0.25, -0.2) is 9.79 Å². The Labute approximate surface area is 245 Å². The average molecular weight is 609 g/mol. The van der Waals surface area contributed by atoms with Crippen molar-refractivity contribution in [2.75, 3.05) is 6.61 Å². The number of nitrogens with zero attached hydrogens (tertiary/aromatic N) is 4. The summed E-state index contributed by atoms with van der Waals surface area (Å²) in [7, 11) is 0. The highest BCUT2D eigenvalue weighted by atomic mass is 35.5. The lowest BCUT2D eigenvalue weighted by Gasteiger charge is -2.24. The Balaban J connectivity index is 1.64. The molecule has 214 valence electrons. The molecule has 2 aromatic carbocycles. The molecule has 0 bridgehead atoms. The van der Waals surface area contributed by atoms with Crippen LogP contribution >= 0.6 is 22.9 Å². The van der Waals surface area contributed by atoms with Gasteiger partial charge in [-0.15, -0.1) is 0 Å². The predicted molar refractivity (Wildman–Crippen MR) is 154 cm³/mol. The van der Waals surface area contributed by atoms with E-state index in [4.69, 9.17) is 20.8 Å². The van der Waals surface area contributed by atoms with Gasteiger partial charge in [0.15, 0.2) is 4.80 Å². The lowest BCUT2D eigenvalue weighted by molar-refractivity contribution is -0.385. The quantitative estimate of drug-likeness (QED) is 0.164. The predicted octanol–water partition coefficient (Wildman–Crippen LogP) is 4.84. The number of hydrogen-bond acceptors (Lipinski definition) is 10. The zero-order valence-electron chi connectivity index (χ0n) is 22.3. The summed E-state index contributed by atoms with van der Waals surface area (Å²) in [5.41, 5.74) is 0.820. The van der Waals surface area contributed by atoms with Crippen LogP contribution in [-0.2, 0) is 9.53 Å². The van der Waals surface area contributed by atoms with Crippen molar-refractivity contribution >= 4 is 46.4 Å². The standard InChI is InChI=1S/C28H21ClN4O8S/c1-4-40-27(35)24-15(3)30-28-31(25(24)16-6-5-14(2)21(11-16)33(38)39)26(34)23(42-28)13-18-8-10-22(41-18)19-9-7-17(32(36)37)12-20(19)29/h5-13,25H,4H2,1-3H3/b23-13+/t25-/m1/s1. The summed E-state index contributed by atoms with van der Waals surface area (Å²) in [6.07, 6.45) is 1.50. The fraction of sp³-hybridized carbons (Fsp3) is 0.179. The van der Waals surface area contributed by atoms with Gasteiger partial charge in [0.1, 0.15) is 11.5 Å². The number of allylic oxidation sites excluding steroid dienone is 1. The second-order valence-electron chi connectivity index (χ2n) is 9.23. The van der Waals surface area contributed by atoms with Crippen LogP contribution in [0.15, 0.2) is 74.0 Å². The van der Waals surface area contributed by atoms with Gasteiger partial charge in [0.25, 0.3) is 16.9 Å². The minimum atomic E-state index is -1.02. The molecule has 2 aromatic heterocycles. The third-order valence-corrected chi connectivity index (χ3v) is 7.89. The first-order chi connectivity index (χ1) is 20.0. The van der Waals surface area contributed by atoms with Crippen LogP contribution < -0.4 is 14.9 Å². The van der Waals surface area contributed by atoms with Crippen molar-refractivity contribution in [3.63, 3.8) is 0 Å². The van der Waals surface area contributed by atoms with Crippen molar-refractivity contribution in [3.8, 4) is 11.3 Å². The second kappa shape index (κ2) is 11.2. The molecule has 0 saturated heterocycles. The highest BCUT2D eigenvalue weighted by Crippen LogP contribution is 2.34. The molecule has 42 heavy (non-hydrogen) atoms. The number of ether oxygens (including phenoxy) is 1. The third-order valence-electron chi connectivity index (χ3n) is 6.59. The topological polar surface area (TPSA) is 160 Å². The van der Waals surface area contributed by atoms with E-state index < -0.39 is 27.4 Å². The molecule has 5 rings (SSSR count). The van der Waals surface area contributed by atoms with E-state index in [1.807, 2.05) is 0 Å². The molecule has 0 saturated carbocycles. The number of carbonyl (C=O) groups is 1. The first-order valence-corrected chi connectivity index (χ1v) is 13.7. The number of esters is 1. The summed E-state index contributed by atoms with van der Waals surface area (Å²) >= 11 is 7.30. The average Bonchev–Trinajstić information content (AvgIpc) is 3.52. The van der Waals surface area contributed by atoms with Gasteiger partial charge in [-0.05, 0) is 44.5 Å². The molecule has 0 aliphatic carbocycles. The molecule has 3 heterocycles.